The second kappa shape index (κ2) is 5.48. The van der Waals surface area contributed by atoms with E-state index in [4.69, 9.17) is 0 Å². The number of nitrogens with zero attached hydrogens (tertiary/aromatic N) is 2. The minimum atomic E-state index is 0.750. The van der Waals surface area contributed by atoms with Gasteiger partial charge in [0.2, 0.25) is 0 Å². The summed E-state index contributed by atoms with van der Waals surface area (Å²) in [5.41, 5.74) is 0. The fourth-order valence-electron chi connectivity index (χ4n) is 3.96. The van der Waals surface area contributed by atoms with E-state index in [1.54, 1.807) is 0 Å². The van der Waals surface area contributed by atoms with Crippen LogP contribution in [0.5, 0.6) is 0 Å². The molecule has 3 heteroatoms. The van der Waals surface area contributed by atoms with Gasteiger partial charge >= 0.3 is 0 Å². The van der Waals surface area contributed by atoms with Crippen molar-refractivity contribution in [1.29, 1.82) is 0 Å². The van der Waals surface area contributed by atoms with Crippen molar-refractivity contribution in [2.45, 2.75) is 70.1 Å². The second-order valence-corrected chi connectivity index (χ2v) is 6.54. The Morgan fingerprint density at radius 1 is 1.22 bits per heavy atom. The van der Waals surface area contributed by atoms with E-state index >= 15 is 0 Å². The molecule has 0 aromatic carbocycles. The lowest BCUT2D eigenvalue weighted by Crippen LogP contribution is -2.42. The maximum atomic E-state index is 3.85. The van der Waals surface area contributed by atoms with Crippen LogP contribution in [0, 0.1) is 0 Å². The molecule has 104 valence electrons. The van der Waals surface area contributed by atoms with Gasteiger partial charge in [0.15, 0.2) is 0 Å². The zero-order chi connectivity index (χ0) is 12.5. The summed E-state index contributed by atoms with van der Waals surface area (Å²) >= 11 is 0. The molecule has 3 nitrogen and oxygen atoms in total. The standard InChI is InChI=1S/C15H29N3/c1-3-17-8-4-5-15(17)10-16-13-9-12(2)18(11-13)14-6-7-14/h12-16H,3-11H2,1-2H3. The molecular formula is C15H29N3. The first-order valence-corrected chi connectivity index (χ1v) is 8.01. The smallest absolute Gasteiger partial charge is 0.0221 e. The largest absolute Gasteiger partial charge is 0.311 e. The molecule has 1 N–H and O–H groups in total. The highest BCUT2D eigenvalue weighted by atomic mass is 15.3. The molecule has 0 amide bonds. The third kappa shape index (κ3) is 2.73. The van der Waals surface area contributed by atoms with Crippen molar-refractivity contribution in [1.82, 2.24) is 15.1 Å². The van der Waals surface area contributed by atoms with E-state index in [1.165, 1.54) is 58.3 Å². The second-order valence-electron chi connectivity index (χ2n) is 6.54. The van der Waals surface area contributed by atoms with Crippen LogP contribution in [0.2, 0.25) is 0 Å². The fraction of sp³-hybridized carbons (Fsp3) is 1.00. The summed E-state index contributed by atoms with van der Waals surface area (Å²) < 4.78 is 0. The molecule has 18 heavy (non-hydrogen) atoms. The van der Waals surface area contributed by atoms with E-state index < -0.39 is 0 Å². The van der Waals surface area contributed by atoms with Gasteiger partial charge in [0, 0.05) is 37.3 Å². The summed E-state index contributed by atoms with van der Waals surface area (Å²) in [5, 5.41) is 3.85. The molecule has 3 atom stereocenters. The molecular weight excluding hydrogens is 222 g/mol. The molecule has 0 aromatic heterocycles. The summed E-state index contributed by atoms with van der Waals surface area (Å²) in [6.45, 7) is 9.76. The number of hydrogen-bond donors (Lipinski definition) is 1. The number of likely N-dealkylation sites (tertiary alicyclic amines) is 2. The van der Waals surface area contributed by atoms with Crippen molar-refractivity contribution in [3.05, 3.63) is 0 Å². The van der Waals surface area contributed by atoms with Gasteiger partial charge in [0.05, 0.1) is 0 Å². The Bertz CT molecular complexity index is 277. The van der Waals surface area contributed by atoms with Gasteiger partial charge in [0.25, 0.3) is 0 Å². The van der Waals surface area contributed by atoms with Crippen LogP contribution in [0.1, 0.15) is 46.0 Å². The van der Waals surface area contributed by atoms with Crippen molar-refractivity contribution in [2.75, 3.05) is 26.2 Å². The molecule has 2 aliphatic heterocycles. The van der Waals surface area contributed by atoms with Gasteiger partial charge in [-0.1, -0.05) is 6.92 Å². The first-order valence-electron chi connectivity index (χ1n) is 8.01. The first-order chi connectivity index (χ1) is 8.78. The normalized spacial score (nSPS) is 38.7. The molecule has 3 aliphatic rings. The zero-order valence-electron chi connectivity index (χ0n) is 12.1. The lowest BCUT2D eigenvalue weighted by Gasteiger charge is -2.25. The Morgan fingerprint density at radius 2 is 2.06 bits per heavy atom. The predicted octanol–water partition coefficient (Wildman–Crippen LogP) is 1.69. The molecule has 1 saturated carbocycles. The molecule has 0 spiro atoms. The molecule has 2 heterocycles. The van der Waals surface area contributed by atoms with E-state index in [2.05, 4.69) is 29.0 Å². The van der Waals surface area contributed by atoms with Crippen LogP contribution in [-0.4, -0.2) is 60.1 Å². The third-order valence-corrected chi connectivity index (χ3v) is 5.19. The molecule has 2 saturated heterocycles. The van der Waals surface area contributed by atoms with Crippen molar-refractivity contribution >= 4 is 0 Å². The Balaban J connectivity index is 1.43. The van der Waals surface area contributed by atoms with Gasteiger partial charge in [-0.15, -0.1) is 0 Å². The monoisotopic (exact) mass is 251 g/mol. The Kier molecular flexibility index (Phi) is 3.92. The number of rotatable bonds is 5. The lowest BCUT2D eigenvalue weighted by atomic mass is 10.1. The number of likely N-dealkylation sites (N-methyl/N-ethyl adjacent to an activating group) is 1. The first kappa shape index (κ1) is 12.9. The molecule has 1 aliphatic carbocycles. The summed E-state index contributed by atoms with van der Waals surface area (Å²) in [6.07, 6.45) is 7.05. The van der Waals surface area contributed by atoms with Gasteiger partial charge in [-0.2, -0.15) is 0 Å². The van der Waals surface area contributed by atoms with Crippen molar-refractivity contribution in [3.63, 3.8) is 0 Å². The Hall–Kier alpha value is -0.120. The van der Waals surface area contributed by atoms with Crippen LogP contribution in [0.4, 0.5) is 0 Å². The number of nitrogens with one attached hydrogen (secondary N) is 1. The zero-order valence-corrected chi connectivity index (χ0v) is 12.1. The van der Waals surface area contributed by atoms with Crippen LogP contribution in [0.25, 0.3) is 0 Å². The minimum absolute atomic E-state index is 0.750. The van der Waals surface area contributed by atoms with Crippen molar-refractivity contribution in [2.24, 2.45) is 0 Å². The maximum absolute atomic E-state index is 3.85. The quantitative estimate of drug-likeness (QED) is 0.802. The summed E-state index contributed by atoms with van der Waals surface area (Å²) in [6, 6.07) is 3.30. The predicted molar refractivity (Wildman–Crippen MR) is 75.9 cm³/mol. The minimum Gasteiger partial charge on any atom is -0.311 e. The molecule has 0 aromatic rings. The maximum Gasteiger partial charge on any atom is 0.0221 e. The highest BCUT2D eigenvalue weighted by Crippen LogP contribution is 2.33. The van der Waals surface area contributed by atoms with Crippen molar-refractivity contribution < 1.29 is 0 Å². The van der Waals surface area contributed by atoms with E-state index in [0.29, 0.717) is 0 Å². The van der Waals surface area contributed by atoms with Crippen LogP contribution >= 0.6 is 0 Å². The summed E-state index contributed by atoms with van der Waals surface area (Å²) in [5.74, 6) is 0. The average Bonchev–Trinajstić information content (AvgIpc) is 2.99. The lowest BCUT2D eigenvalue weighted by molar-refractivity contribution is 0.244. The highest BCUT2D eigenvalue weighted by Gasteiger charge is 2.38. The van der Waals surface area contributed by atoms with E-state index in [9.17, 15) is 0 Å². The van der Waals surface area contributed by atoms with Crippen LogP contribution < -0.4 is 5.32 Å². The molecule has 0 radical (unpaired) electrons. The number of hydrogen-bond acceptors (Lipinski definition) is 3. The molecule has 0 bridgehead atoms. The van der Waals surface area contributed by atoms with Gasteiger partial charge in [-0.05, 0) is 52.1 Å². The van der Waals surface area contributed by atoms with Crippen LogP contribution in [0.3, 0.4) is 0 Å². The SMILES string of the molecule is CCN1CCCC1CNC1CC(C)N(C2CC2)C1. The molecule has 3 fully saturated rings. The van der Waals surface area contributed by atoms with E-state index in [1.807, 2.05) is 0 Å². The highest BCUT2D eigenvalue weighted by molar-refractivity contribution is 4.96. The van der Waals surface area contributed by atoms with Gasteiger partial charge in [-0.3, -0.25) is 9.80 Å². The molecule has 3 rings (SSSR count). The van der Waals surface area contributed by atoms with E-state index in [0.717, 1.165) is 24.2 Å². The van der Waals surface area contributed by atoms with Crippen LogP contribution in [0.15, 0.2) is 0 Å². The average molecular weight is 251 g/mol. The molecule has 3 unspecified atom stereocenters. The Morgan fingerprint density at radius 3 is 2.78 bits per heavy atom. The topological polar surface area (TPSA) is 18.5 Å². The van der Waals surface area contributed by atoms with Gasteiger partial charge < -0.3 is 5.32 Å². The fourth-order valence-corrected chi connectivity index (χ4v) is 3.96. The van der Waals surface area contributed by atoms with Gasteiger partial charge in [-0.25, -0.2) is 0 Å². The van der Waals surface area contributed by atoms with Crippen molar-refractivity contribution in [3.8, 4) is 0 Å². The van der Waals surface area contributed by atoms with Gasteiger partial charge in [0.1, 0.15) is 0 Å². The Labute approximate surface area is 112 Å². The summed E-state index contributed by atoms with van der Waals surface area (Å²) in [7, 11) is 0. The third-order valence-electron chi connectivity index (χ3n) is 5.19. The van der Waals surface area contributed by atoms with E-state index in [-0.39, 0.29) is 0 Å². The van der Waals surface area contributed by atoms with Crippen LogP contribution in [-0.2, 0) is 0 Å². The summed E-state index contributed by atoms with van der Waals surface area (Å²) in [4.78, 5) is 5.38.